The molecule has 0 aliphatic carbocycles. The van der Waals surface area contributed by atoms with Crippen LogP contribution in [0.3, 0.4) is 0 Å². The molecule has 126 valence electrons. The van der Waals surface area contributed by atoms with Crippen LogP contribution in [0, 0.1) is 0 Å². The summed E-state index contributed by atoms with van der Waals surface area (Å²) in [6.45, 7) is 2.21. The van der Waals surface area contributed by atoms with E-state index in [4.69, 9.17) is 23.2 Å². The van der Waals surface area contributed by atoms with Crippen molar-refractivity contribution < 1.29 is 4.79 Å². The van der Waals surface area contributed by atoms with E-state index < -0.39 is 0 Å². The van der Waals surface area contributed by atoms with Gasteiger partial charge in [0.1, 0.15) is 0 Å². The van der Waals surface area contributed by atoms with E-state index in [-0.39, 0.29) is 11.8 Å². The SMILES string of the molecule is CC(=O)c1ccc(C2NCc3c(Cl)cc(Cl)cc3-n3cccc32)cc1. The quantitative estimate of drug-likeness (QED) is 0.630. The van der Waals surface area contributed by atoms with Gasteiger partial charge in [0.15, 0.2) is 5.78 Å². The van der Waals surface area contributed by atoms with Crippen molar-refractivity contribution in [2.24, 2.45) is 0 Å². The molecule has 0 fully saturated rings. The van der Waals surface area contributed by atoms with Crippen molar-refractivity contribution in [3.05, 3.63) is 87.2 Å². The van der Waals surface area contributed by atoms with E-state index in [0.717, 1.165) is 22.5 Å². The lowest BCUT2D eigenvalue weighted by Gasteiger charge is -2.18. The monoisotopic (exact) mass is 370 g/mol. The average Bonchev–Trinajstić information content (AvgIpc) is 3.00. The molecule has 1 atom stereocenters. The van der Waals surface area contributed by atoms with Crippen molar-refractivity contribution in [3.8, 4) is 5.69 Å². The molecule has 0 spiro atoms. The number of benzene rings is 2. The number of hydrogen-bond acceptors (Lipinski definition) is 2. The number of nitrogens with one attached hydrogen (secondary N) is 1. The van der Waals surface area contributed by atoms with Gasteiger partial charge >= 0.3 is 0 Å². The van der Waals surface area contributed by atoms with Crippen LogP contribution >= 0.6 is 23.2 Å². The molecule has 1 unspecified atom stereocenters. The Bertz CT molecular complexity index is 960. The van der Waals surface area contributed by atoms with Crippen LogP contribution in [-0.2, 0) is 6.54 Å². The Balaban J connectivity index is 1.82. The Kier molecular flexibility index (Phi) is 4.16. The highest BCUT2D eigenvalue weighted by Crippen LogP contribution is 2.35. The van der Waals surface area contributed by atoms with Crippen molar-refractivity contribution in [2.45, 2.75) is 19.5 Å². The maximum Gasteiger partial charge on any atom is 0.159 e. The third-order valence-electron chi connectivity index (χ3n) is 4.61. The first kappa shape index (κ1) is 16.4. The maximum atomic E-state index is 11.5. The molecule has 1 aliphatic heterocycles. The van der Waals surface area contributed by atoms with E-state index in [0.29, 0.717) is 22.2 Å². The van der Waals surface area contributed by atoms with Crippen LogP contribution in [0.1, 0.15) is 40.1 Å². The number of nitrogens with zero attached hydrogens (tertiary/aromatic N) is 1. The first-order valence-corrected chi connectivity index (χ1v) is 8.80. The lowest BCUT2D eigenvalue weighted by atomic mass is 10.0. The molecule has 4 rings (SSSR count). The molecule has 0 bridgehead atoms. The Morgan fingerprint density at radius 1 is 1.16 bits per heavy atom. The van der Waals surface area contributed by atoms with Gasteiger partial charge in [-0.2, -0.15) is 0 Å². The zero-order valence-electron chi connectivity index (χ0n) is 13.6. The molecule has 3 nitrogen and oxygen atoms in total. The fourth-order valence-corrected chi connectivity index (χ4v) is 3.89. The molecule has 2 heterocycles. The summed E-state index contributed by atoms with van der Waals surface area (Å²) in [5, 5.41) is 4.85. The molecule has 3 aromatic rings. The lowest BCUT2D eigenvalue weighted by Crippen LogP contribution is -2.21. The topological polar surface area (TPSA) is 34.0 Å². The van der Waals surface area contributed by atoms with Gasteiger partial charge in [-0.15, -0.1) is 0 Å². The van der Waals surface area contributed by atoms with Crippen molar-refractivity contribution in [3.63, 3.8) is 0 Å². The molecular weight excluding hydrogens is 355 g/mol. The number of fused-ring (bicyclic) bond motifs is 3. The van der Waals surface area contributed by atoms with Crippen molar-refractivity contribution in [1.82, 2.24) is 9.88 Å². The number of halogens is 2. The number of carbonyl (C=O) groups is 1. The van der Waals surface area contributed by atoms with E-state index in [2.05, 4.69) is 16.0 Å². The molecule has 0 radical (unpaired) electrons. The number of Topliss-reactive ketones (excluding diaryl/α,β-unsaturated/α-hetero) is 1. The molecule has 1 aromatic heterocycles. The summed E-state index contributed by atoms with van der Waals surface area (Å²) in [4.78, 5) is 11.5. The summed E-state index contributed by atoms with van der Waals surface area (Å²) in [6, 6.07) is 15.5. The van der Waals surface area contributed by atoms with Crippen LogP contribution in [0.2, 0.25) is 10.0 Å². The summed E-state index contributed by atoms with van der Waals surface area (Å²) in [5.74, 6) is 0.0672. The number of aromatic nitrogens is 1. The normalized spacial score (nSPS) is 16.0. The van der Waals surface area contributed by atoms with Gasteiger partial charge in [0.25, 0.3) is 0 Å². The highest BCUT2D eigenvalue weighted by molar-refractivity contribution is 6.35. The van der Waals surface area contributed by atoms with E-state index in [9.17, 15) is 4.79 Å². The Hall–Kier alpha value is -2.07. The fraction of sp³-hybridized carbons (Fsp3) is 0.150. The summed E-state index contributed by atoms with van der Waals surface area (Å²) >= 11 is 12.6. The highest BCUT2D eigenvalue weighted by atomic mass is 35.5. The molecule has 0 saturated heterocycles. The van der Waals surface area contributed by atoms with Crippen molar-refractivity contribution in [2.75, 3.05) is 0 Å². The minimum absolute atomic E-state index is 0.00162. The summed E-state index contributed by atoms with van der Waals surface area (Å²) in [6.07, 6.45) is 2.02. The predicted octanol–water partition coefficient (Wildman–Crippen LogP) is 5.18. The van der Waals surface area contributed by atoms with Gasteiger partial charge in [-0.25, -0.2) is 0 Å². The van der Waals surface area contributed by atoms with Crippen LogP contribution in [0.4, 0.5) is 0 Å². The third kappa shape index (κ3) is 2.89. The smallest absolute Gasteiger partial charge is 0.159 e. The fourth-order valence-electron chi connectivity index (χ4n) is 3.34. The molecule has 0 amide bonds. The second kappa shape index (κ2) is 6.34. The molecule has 25 heavy (non-hydrogen) atoms. The molecule has 5 heteroatoms. The Labute approximate surface area is 156 Å². The number of carbonyl (C=O) groups excluding carboxylic acids is 1. The van der Waals surface area contributed by atoms with Gasteiger partial charge in [-0.3, -0.25) is 4.79 Å². The zero-order chi connectivity index (χ0) is 17.6. The minimum Gasteiger partial charge on any atom is -0.319 e. The largest absolute Gasteiger partial charge is 0.319 e. The molecule has 0 saturated carbocycles. The van der Waals surface area contributed by atoms with Gasteiger partial charge in [-0.1, -0.05) is 47.5 Å². The van der Waals surface area contributed by atoms with Gasteiger partial charge in [0, 0.05) is 39.6 Å². The number of ketones is 1. The Morgan fingerprint density at radius 3 is 2.64 bits per heavy atom. The average molecular weight is 371 g/mol. The number of hydrogen-bond donors (Lipinski definition) is 1. The highest BCUT2D eigenvalue weighted by Gasteiger charge is 2.24. The van der Waals surface area contributed by atoms with Gasteiger partial charge in [-0.05, 0) is 36.8 Å². The van der Waals surface area contributed by atoms with Crippen LogP contribution in [0.15, 0.2) is 54.7 Å². The molecule has 1 aliphatic rings. The first-order chi connectivity index (χ1) is 12.0. The maximum absolute atomic E-state index is 11.5. The van der Waals surface area contributed by atoms with Crippen molar-refractivity contribution in [1.29, 1.82) is 0 Å². The third-order valence-corrected chi connectivity index (χ3v) is 5.16. The lowest BCUT2D eigenvalue weighted by molar-refractivity contribution is 0.101. The predicted molar refractivity (Wildman–Crippen MR) is 101 cm³/mol. The van der Waals surface area contributed by atoms with E-state index in [1.807, 2.05) is 42.6 Å². The van der Waals surface area contributed by atoms with Crippen LogP contribution in [-0.4, -0.2) is 10.4 Å². The van der Waals surface area contributed by atoms with E-state index in [1.54, 1.807) is 13.0 Å². The van der Waals surface area contributed by atoms with Crippen LogP contribution in [0.25, 0.3) is 5.69 Å². The molecule has 1 N–H and O–H groups in total. The summed E-state index contributed by atoms with van der Waals surface area (Å²) in [7, 11) is 0. The second-order valence-corrected chi connectivity index (χ2v) is 7.02. The Morgan fingerprint density at radius 2 is 1.92 bits per heavy atom. The van der Waals surface area contributed by atoms with Crippen LogP contribution < -0.4 is 5.32 Å². The first-order valence-electron chi connectivity index (χ1n) is 8.04. The van der Waals surface area contributed by atoms with E-state index >= 15 is 0 Å². The summed E-state index contributed by atoms with van der Waals surface area (Å²) < 4.78 is 2.12. The zero-order valence-corrected chi connectivity index (χ0v) is 15.1. The van der Waals surface area contributed by atoms with Gasteiger partial charge in [0.2, 0.25) is 0 Å². The minimum atomic E-state index is -0.00162. The summed E-state index contributed by atoms with van der Waals surface area (Å²) in [5.41, 5.74) is 4.93. The van der Waals surface area contributed by atoms with Gasteiger partial charge < -0.3 is 9.88 Å². The standard InChI is InChI=1S/C20H16Cl2N2O/c1-12(25)13-4-6-14(7-5-13)20-18-3-2-8-24(18)19-10-15(21)9-17(22)16(19)11-23-20/h2-10,20,23H,11H2,1H3. The van der Waals surface area contributed by atoms with Crippen LogP contribution in [0.5, 0.6) is 0 Å². The second-order valence-electron chi connectivity index (χ2n) is 6.18. The molecular formula is C20H16Cl2N2O. The van der Waals surface area contributed by atoms with Gasteiger partial charge in [0.05, 0.1) is 11.7 Å². The number of rotatable bonds is 2. The van der Waals surface area contributed by atoms with Crippen molar-refractivity contribution >= 4 is 29.0 Å². The van der Waals surface area contributed by atoms with E-state index in [1.165, 1.54) is 0 Å². The molecule has 2 aromatic carbocycles.